The van der Waals surface area contributed by atoms with Crippen molar-refractivity contribution in [2.75, 3.05) is 13.3 Å². The van der Waals surface area contributed by atoms with E-state index in [-0.39, 0.29) is 6.73 Å². The minimum absolute atomic E-state index is 0.137. The molecule has 0 rings (SSSR count). The molecule has 0 saturated carbocycles. The van der Waals surface area contributed by atoms with E-state index in [1.54, 1.807) is 6.92 Å². The van der Waals surface area contributed by atoms with Crippen LogP contribution in [0.5, 0.6) is 0 Å². The predicted octanol–water partition coefficient (Wildman–Crippen LogP) is 0.199. The van der Waals surface area contributed by atoms with E-state index in [9.17, 15) is 14.8 Å². The molecule has 0 amide bonds. The molecule has 8 nitrogen and oxygen atoms in total. The second-order valence-corrected chi connectivity index (χ2v) is 4.03. The van der Waals surface area contributed by atoms with Crippen LogP contribution in [-0.2, 0) is 14.3 Å². The Hall–Kier alpha value is -1.67. The van der Waals surface area contributed by atoms with Gasteiger partial charge in [0.1, 0.15) is 11.9 Å². The Morgan fingerprint density at radius 1 is 1.37 bits per heavy atom. The van der Waals surface area contributed by atoms with Crippen molar-refractivity contribution in [1.29, 1.82) is 0 Å². The summed E-state index contributed by atoms with van der Waals surface area (Å²) in [5, 5.41) is 19.1. The molecule has 0 aromatic heterocycles. The number of ether oxygens (including phenoxy) is 1. The first-order valence-corrected chi connectivity index (χ1v) is 5.93. The third-order valence-electron chi connectivity index (χ3n) is 2.39. The summed E-state index contributed by atoms with van der Waals surface area (Å²) in [6.07, 6.45) is 1.52. The van der Waals surface area contributed by atoms with Gasteiger partial charge in [-0.3, -0.25) is 14.8 Å². The second-order valence-electron chi connectivity index (χ2n) is 4.03. The fourth-order valence-electron chi connectivity index (χ4n) is 1.21. The summed E-state index contributed by atoms with van der Waals surface area (Å²) in [7, 11) is 0. The number of hydrogen-bond donors (Lipinski definition) is 3. The molecular weight excluding hydrogens is 254 g/mol. The number of aliphatic carboxylic acids is 1. The smallest absolute Gasteiger partial charge is 0.320 e. The molecule has 8 heteroatoms. The number of aliphatic imine (C=N–C) groups is 1. The van der Waals surface area contributed by atoms with Gasteiger partial charge in [0, 0.05) is 13.5 Å². The number of esters is 1. The van der Waals surface area contributed by atoms with Crippen LogP contribution in [0, 0.1) is 0 Å². The van der Waals surface area contributed by atoms with Gasteiger partial charge in [0.25, 0.3) is 0 Å². The molecule has 19 heavy (non-hydrogen) atoms. The van der Waals surface area contributed by atoms with Crippen LogP contribution >= 0.6 is 0 Å². The fourth-order valence-corrected chi connectivity index (χ4v) is 1.21. The maximum absolute atomic E-state index is 10.5. The summed E-state index contributed by atoms with van der Waals surface area (Å²) >= 11 is 0. The topological polar surface area (TPSA) is 125 Å². The van der Waals surface area contributed by atoms with Gasteiger partial charge in [-0.1, -0.05) is 0 Å². The van der Waals surface area contributed by atoms with E-state index in [0.717, 1.165) is 5.06 Å². The van der Waals surface area contributed by atoms with Crippen LogP contribution in [0.2, 0.25) is 0 Å². The molecule has 0 spiro atoms. The van der Waals surface area contributed by atoms with Crippen LogP contribution in [0.1, 0.15) is 33.1 Å². The van der Waals surface area contributed by atoms with Gasteiger partial charge < -0.3 is 15.6 Å². The highest BCUT2D eigenvalue weighted by atomic mass is 16.5. The summed E-state index contributed by atoms with van der Waals surface area (Å²) in [6, 6.07) is -0.870. The average molecular weight is 275 g/mol. The second kappa shape index (κ2) is 9.29. The van der Waals surface area contributed by atoms with Gasteiger partial charge in [-0.05, 0) is 26.2 Å². The Morgan fingerprint density at radius 3 is 2.53 bits per heavy atom. The molecule has 0 radical (unpaired) electrons. The Labute approximate surface area is 111 Å². The molecule has 0 heterocycles. The lowest BCUT2D eigenvalue weighted by Crippen LogP contribution is -2.30. The lowest BCUT2D eigenvalue weighted by molar-refractivity contribution is -0.141. The molecule has 0 aromatic rings. The van der Waals surface area contributed by atoms with Gasteiger partial charge in [0.2, 0.25) is 0 Å². The lowest BCUT2D eigenvalue weighted by atomic mass is 10.1. The number of nitrogens with two attached hydrogens (primary N) is 1. The van der Waals surface area contributed by atoms with Gasteiger partial charge in [-0.15, -0.1) is 0 Å². The van der Waals surface area contributed by atoms with Crippen LogP contribution in [-0.4, -0.2) is 52.5 Å². The Morgan fingerprint density at radius 2 is 2.00 bits per heavy atom. The third-order valence-corrected chi connectivity index (χ3v) is 2.39. The number of amidine groups is 1. The molecule has 0 saturated heterocycles. The molecule has 0 unspecified atom stereocenters. The largest absolute Gasteiger partial charge is 0.480 e. The maximum Gasteiger partial charge on any atom is 0.320 e. The SMILES string of the molecule is CC(=O)OC/N=C(\C)N(O)CCCC[C@H](N)C(=O)O. The summed E-state index contributed by atoms with van der Waals surface area (Å²) < 4.78 is 4.60. The molecule has 0 aliphatic rings. The van der Waals surface area contributed by atoms with Crippen LogP contribution in [0.15, 0.2) is 4.99 Å². The van der Waals surface area contributed by atoms with Crippen LogP contribution in [0.25, 0.3) is 0 Å². The first kappa shape index (κ1) is 17.3. The Balaban J connectivity index is 3.81. The zero-order chi connectivity index (χ0) is 14.8. The predicted molar refractivity (Wildman–Crippen MR) is 67.7 cm³/mol. The number of carbonyl (C=O) groups is 2. The van der Waals surface area contributed by atoms with Crippen molar-refractivity contribution in [2.24, 2.45) is 10.7 Å². The Bertz CT molecular complexity index is 332. The van der Waals surface area contributed by atoms with E-state index in [0.29, 0.717) is 31.6 Å². The highest BCUT2D eigenvalue weighted by Gasteiger charge is 2.10. The van der Waals surface area contributed by atoms with Crippen molar-refractivity contribution in [3.05, 3.63) is 0 Å². The van der Waals surface area contributed by atoms with Crippen molar-refractivity contribution in [3.8, 4) is 0 Å². The highest BCUT2D eigenvalue weighted by molar-refractivity contribution is 5.78. The number of rotatable bonds is 8. The number of carboxylic acids is 1. The van der Waals surface area contributed by atoms with Crippen molar-refractivity contribution in [3.63, 3.8) is 0 Å². The number of carboxylic acid groups (broad SMARTS) is 1. The van der Waals surface area contributed by atoms with Crippen molar-refractivity contribution in [2.45, 2.75) is 39.2 Å². The normalized spacial score (nSPS) is 12.9. The molecule has 0 aliphatic carbocycles. The first-order valence-electron chi connectivity index (χ1n) is 5.93. The number of unbranched alkanes of at least 4 members (excludes halogenated alkanes) is 1. The van der Waals surface area contributed by atoms with E-state index in [2.05, 4.69) is 9.73 Å². The average Bonchev–Trinajstić information content (AvgIpc) is 2.33. The third kappa shape index (κ3) is 8.97. The van der Waals surface area contributed by atoms with Gasteiger partial charge in [0.05, 0.1) is 0 Å². The van der Waals surface area contributed by atoms with Gasteiger partial charge in [-0.2, -0.15) is 0 Å². The van der Waals surface area contributed by atoms with E-state index in [1.807, 2.05) is 0 Å². The summed E-state index contributed by atoms with van der Waals surface area (Å²) in [5.74, 6) is -1.15. The minimum atomic E-state index is -1.03. The van der Waals surface area contributed by atoms with Crippen LogP contribution in [0.3, 0.4) is 0 Å². The molecule has 0 aliphatic heterocycles. The van der Waals surface area contributed by atoms with E-state index >= 15 is 0 Å². The first-order chi connectivity index (χ1) is 8.84. The van der Waals surface area contributed by atoms with E-state index in [1.165, 1.54) is 6.92 Å². The molecule has 1 atom stereocenters. The standard InChI is InChI=1S/C11H21N3O5/c1-8(13-7-19-9(2)15)14(18)6-4-3-5-10(12)11(16)17/h10,18H,3-7,12H2,1-2H3,(H,16,17)/b13-8+/t10-/m0/s1. The van der Waals surface area contributed by atoms with Gasteiger partial charge >= 0.3 is 11.9 Å². The van der Waals surface area contributed by atoms with Crippen molar-refractivity contribution >= 4 is 17.8 Å². The Kier molecular flexibility index (Phi) is 8.47. The molecule has 110 valence electrons. The minimum Gasteiger partial charge on any atom is -0.480 e. The fraction of sp³-hybridized carbons (Fsp3) is 0.727. The molecule has 0 fully saturated rings. The van der Waals surface area contributed by atoms with E-state index < -0.39 is 18.0 Å². The quantitative estimate of drug-likeness (QED) is 0.190. The summed E-state index contributed by atoms with van der Waals surface area (Å²) in [5.41, 5.74) is 5.34. The molecule has 0 aromatic carbocycles. The summed E-state index contributed by atoms with van der Waals surface area (Å²) in [6.45, 7) is 3.02. The van der Waals surface area contributed by atoms with Crippen LogP contribution in [0.4, 0.5) is 0 Å². The zero-order valence-corrected chi connectivity index (χ0v) is 11.2. The van der Waals surface area contributed by atoms with Gasteiger partial charge in [-0.25, -0.2) is 10.1 Å². The zero-order valence-electron chi connectivity index (χ0n) is 11.2. The maximum atomic E-state index is 10.5. The summed E-state index contributed by atoms with van der Waals surface area (Å²) in [4.78, 5) is 24.8. The van der Waals surface area contributed by atoms with Gasteiger partial charge in [0.15, 0.2) is 6.73 Å². The van der Waals surface area contributed by atoms with Crippen LogP contribution < -0.4 is 5.73 Å². The molecular formula is C11H21N3O5. The number of hydroxylamine groups is 2. The van der Waals surface area contributed by atoms with Crippen molar-refractivity contribution in [1.82, 2.24) is 5.06 Å². The molecule has 4 N–H and O–H groups in total. The number of hydrogen-bond acceptors (Lipinski definition) is 6. The lowest BCUT2D eigenvalue weighted by Gasteiger charge is -2.16. The van der Waals surface area contributed by atoms with E-state index in [4.69, 9.17) is 10.8 Å². The monoisotopic (exact) mass is 275 g/mol. The van der Waals surface area contributed by atoms with Crippen molar-refractivity contribution < 1.29 is 24.6 Å². The highest BCUT2D eigenvalue weighted by Crippen LogP contribution is 2.01. The molecule has 0 bridgehead atoms. The number of carbonyl (C=O) groups excluding carboxylic acids is 1. The number of nitrogens with zero attached hydrogens (tertiary/aromatic N) is 2.